The second-order valence-corrected chi connectivity index (χ2v) is 14.6. The lowest BCUT2D eigenvalue weighted by atomic mass is 10.2. The summed E-state index contributed by atoms with van der Waals surface area (Å²) in [7, 11) is -5.28. The standard InChI is InChI=1S/C22H31NO3SSi/c1-18-10-14-22(15-11-18)27(25,26)23-16-21(24)13-12-19(2)28(3,4)17-20-8-6-5-7-9-20/h5-11,14-15,21,23-24H,2,12-13,16-17H2,1,3-4H3. The van der Waals surface area contributed by atoms with Crippen LogP contribution in [0.4, 0.5) is 0 Å². The Morgan fingerprint density at radius 2 is 1.71 bits per heavy atom. The minimum absolute atomic E-state index is 0.00413. The van der Waals surface area contributed by atoms with Crippen LogP contribution in [0.25, 0.3) is 0 Å². The normalized spacial score (nSPS) is 13.3. The van der Waals surface area contributed by atoms with E-state index in [2.05, 4.69) is 36.5 Å². The molecule has 0 aliphatic rings. The molecule has 0 saturated carbocycles. The zero-order valence-corrected chi connectivity index (χ0v) is 18.8. The summed E-state index contributed by atoms with van der Waals surface area (Å²) in [5, 5.41) is 11.4. The maximum Gasteiger partial charge on any atom is 0.240 e. The highest BCUT2D eigenvalue weighted by atomic mass is 32.2. The number of benzene rings is 2. The van der Waals surface area contributed by atoms with E-state index in [1.165, 1.54) is 10.8 Å². The number of hydrogen-bond acceptors (Lipinski definition) is 3. The summed E-state index contributed by atoms with van der Waals surface area (Å²) in [4.78, 5) is 0.214. The van der Waals surface area contributed by atoms with E-state index in [4.69, 9.17) is 0 Å². The van der Waals surface area contributed by atoms with Gasteiger partial charge in [-0.2, -0.15) is 0 Å². The second-order valence-electron chi connectivity index (χ2n) is 8.01. The number of rotatable bonds is 10. The fourth-order valence-corrected chi connectivity index (χ4v) is 6.42. The lowest BCUT2D eigenvalue weighted by molar-refractivity contribution is 0.169. The van der Waals surface area contributed by atoms with Crippen molar-refractivity contribution >= 4 is 18.1 Å². The Balaban J connectivity index is 1.83. The molecular weight excluding hydrogens is 386 g/mol. The van der Waals surface area contributed by atoms with Crippen molar-refractivity contribution in [3.8, 4) is 0 Å². The molecule has 1 atom stereocenters. The number of allylic oxidation sites excluding steroid dienone is 1. The third-order valence-corrected chi connectivity index (χ3v) is 9.96. The topological polar surface area (TPSA) is 66.4 Å². The Kier molecular flexibility index (Phi) is 7.77. The molecule has 0 aliphatic carbocycles. The monoisotopic (exact) mass is 417 g/mol. The Bertz CT molecular complexity index is 878. The van der Waals surface area contributed by atoms with Crippen molar-refractivity contribution in [2.75, 3.05) is 6.54 Å². The molecule has 28 heavy (non-hydrogen) atoms. The molecule has 0 aliphatic heterocycles. The van der Waals surface area contributed by atoms with Gasteiger partial charge in [0.05, 0.1) is 19.1 Å². The first kappa shape index (κ1) is 22.6. The number of sulfonamides is 1. The smallest absolute Gasteiger partial charge is 0.240 e. The van der Waals surface area contributed by atoms with E-state index in [1.54, 1.807) is 24.3 Å². The first-order valence-corrected chi connectivity index (χ1v) is 14.3. The van der Waals surface area contributed by atoms with Gasteiger partial charge < -0.3 is 5.11 Å². The van der Waals surface area contributed by atoms with Crippen LogP contribution < -0.4 is 4.72 Å². The highest BCUT2D eigenvalue weighted by Crippen LogP contribution is 2.23. The summed E-state index contributed by atoms with van der Waals surface area (Å²) in [6.45, 7) is 10.8. The van der Waals surface area contributed by atoms with Crippen molar-refractivity contribution in [2.24, 2.45) is 0 Å². The SMILES string of the molecule is C=C(CCC(O)CNS(=O)(=O)c1ccc(C)cc1)[Si](C)(C)Cc1ccccc1. The van der Waals surface area contributed by atoms with E-state index < -0.39 is 24.2 Å². The van der Waals surface area contributed by atoms with Crippen molar-refractivity contribution in [3.05, 3.63) is 77.5 Å². The summed E-state index contributed by atoms with van der Waals surface area (Å²) >= 11 is 0. The van der Waals surface area contributed by atoms with Gasteiger partial charge in [0.2, 0.25) is 10.0 Å². The van der Waals surface area contributed by atoms with Gasteiger partial charge in [0, 0.05) is 6.54 Å². The molecular formula is C22H31NO3SSi. The van der Waals surface area contributed by atoms with Gasteiger partial charge in [-0.1, -0.05) is 71.9 Å². The maximum atomic E-state index is 12.3. The molecule has 6 heteroatoms. The maximum absolute atomic E-state index is 12.3. The molecule has 2 aromatic rings. The molecule has 152 valence electrons. The van der Waals surface area contributed by atoms with E-state index in [9.17, 15) is 13.5 Å². The second kappa shape index (κ2) is 9.65. The van der Waals surface area contributed by atoms with Crippen molar-refractivity contribution in [2.45, 2.75) is 49.9 Å². The summed E-state index contributed by atoms with van der Waals surface area (Å²) in [6.07, 6.45) is 0.471. The van der Waals surface area contributed by atoms with E-state index >= 15 is 0 Å². The molecule has 0 radical (unpaired) electrons. The lowest BCUT2D eigenvalue weighted by Crippen LogP contribution is -2.35. The summed E-state index contributed by atoms with van der Waals surface area (Å²) in [6, 6.07) is 18.1. The molecule has 0 saturated heterocycles. The van der Waals surface area contributed by atoms with Crippen LogP contribution in [0.5, 0.6) is 0 Å². The number of nitrogens with one attached hydrogen (secondary N) is 1. The van der Waals surface area contributed by atoms with Crippen molar-refractivity contribution in [3.63, 3.8) is 0 Å². The zero-order valence-electron chi connectivity index (χ0n) is 17.0. The van der Waals surface area contributed by atoms with Gasteiger partial charge in [-0.15, -0.1) is 6.58 Å². The minimum Gasteiger partial charge on any atom is -0.392 e. The molecule has 0 bridgehead atoms. The van der Waals surface area contributed by atoms with E-state index in [0.717, 1.165) is 11.6 Å². The van der Waals surface area contributed by atoms with Crippen LogP contribution in [0.2, 0.25) is 13.1 Å². The van der Waals surface area contributed by atoms with Gasteiger partial charge in [0.1, 0.15) is 0 Å². The number of aliphatic hydroxyl groups is 1. The quantitative estimate of drug-likeness (QED) is 0.574. The lowest BCUT2D eigenvalue weighted by Gasteiger charge is -2.26. The first-order valence-electron chi connectivity index (χ1n) is 9.57. The van der Waals surface area contributed by atoms with Gasteiger partial charge in [-0.3, -0.25) is 0 Å². The highest BCUT2D eigenvalue weighted by Gasteiger charge is 2.25. The Morgan fingerprint density at radius 1 is 1.11 bits per heavy atom. The minimum atomic E-state index is -3.60. The summed E-state index contributed by atoms with van der Waals surface area (Å²) in [5.74, 6) is 0. The average Bonchev–Trinajstić information content (AvgIpc) is 2.65. The number of hydrogen-bond donors (Lipinski definition) is 2. The number of aliphatic hydroxyl groups excluding tert-OH is 1. The molecule has 2 N–H and O–H groups in total. The van der Waals surface area contributed by atoms with Gasteiger partial charge in [-0.25, -0.2) is 13.1 Å². The van der Waals surface area contributed by atoms with Crippen molar-refractivity contribution < 1.29 is 13.5 Å². The fraction of sp³-hybridized carbons (Fsp3) is 0.364. The molecule has 0 aromatic heterocycles. The third-order valence-electron chi connectivity index (χ3n) is 5.07. The molecule has 2 aromatic carbocycles. The predicted octanol–water partition coefficient (Wildman–Crippen LogP) is 4.00. The van der Waals surface area contributed by atoms with E-state index in [1.807, 2.05) is 25.1 Å². The van der Waals surface area contributed by atoms with Gasteiger partial charge >= 0.3 is 0 Å². The Labute approximate surface area is 170 Å². The summed E-state index contributed by atoms with van der Waals surface area (Å²) in [5.41, 5.74) is 2.31. The van der Waals surface area contributed by atoms with E-state index in [0.29, 0.717) is 12.8 Å². The molecule has 0 amide bonds. The van der Waals surface area contributed by atoms with Crippen LogP contribution in [0.1, 0.15) is 24.0 Å². The van der Waals surface area contributed by atoms with Gasteiger partial charge in [-0.05, 0) is 37.9 Å². The molecule has 0 spiro atoms. The van der Waals surface area contributed by atoms with Gasteiger partial charge in [0.15, 0.2) is 0 Å². The molecule has 2 rings (SSSR count). The van der Waals surface area contributed by atoms with Crippen molar-refractivity contribution in [1.82, 2.24) is 4.72 Å². The molecule has 4 nitrogen and oxygen atoms in total. The Morgan fingerprint density at radius 3 is 2.32 bits per heavy atom. The van der Waals surface area contributed by atoms with Crippen LogP contribution >= 0.6 is 0 Å². The summed E-state index contributed by atoms with van der Waals surface area (Å²) < 4.78 is 27.1. The molecule has 1 unspecified atom stereocenters. The highest BCUT2D eigenvalue weighted by molar-refractivity contribution is 7.89. The van der Waals surface area contributed by atoms with Crippen LogP contribution in [0.3, 0.4) is 0 Å². The van der Waals surface area contributed by atoms with Crippen LogP contribution in [-0.4, -0.2) is 34.2 Å². The fourth-order valence-electron chi connectivity index (χ4n) is 3.02. The average molecular weight is 418 g/mol. The molecule has 0 heterocycles. The van der Waals surface area contributed by atoms with Crippen LogP contribution in [-0.2, 0) is 16.1 Å². The van der Waals surface area contributed by atoms with E-state index in [-0.39, 0.29) is 11.4 Å². The molecule has 0 fully saturated rings. The third kappa shape index (κ3) is 6.70. The predicted molar refractivity (Wildman–Crippen MR) is 118 cm³/mol. The van der Waals surface area contributed by atoms with Crippen molar-refractivity contribution in [1.29, 1.82) is 0 Å². The van der Waals surface area contributed by atoms with Crippen LogP contribution in [0, 0.1) is 6.92 Å². The Hall–Kier alpha value is -1.73. The zero-order chi connectivity index (χ0) is 20.8. The van der Waals surface area contributed by atoms with Crippen LogP contribution in [0.15, 0.2) is 71.3 Å². The number of aryl methyl sites for hydroxylation is 1. The van der Waals surface area contributed by atoms with Gasteiger partial charge in [0.25, 0.3) is 0 Å². The first-order chi connectivity index (χ1) is 13.1. The largest absolute Gasteiger partial charge is 0.392 e.